The van der Waals surface area contributed by atoms with Gasteiger partial charge in [0, 0.05) is 71.4 Å². The van der Waals surface area contributed by atoms with Crippen LogP contribution in [0.4, 0.5) is 11.8 Å². The standard InChI is InChI=1S/C26H35N7O2S/c1-30(2)25-22-19-33(36(34,35)24-11-7-6-8-20(24)18-27)13-12-23(22)28-26(29-25)32-16-14-31(15-17-32)21-9-4-3-5-10-21/h6-8,11,21H,3-5,9-10,12-17,19H2,1-2H3. The van der Waals surface area contributed by atoms with Gasteiger partial charge in [-0.2, -0.15) is 14.6 Å². The first-order chi connectivity index (χ1) is 17.4. The summed E-state index contributed by atoms with van der Waals surface area (Å²) in [7, 11) is 0.0560. The predicted octanol–water partition coefficient (Wildman–Crippen LogP) is 2.62. The zero-order valence-corrected chi connectivity index (χ0v) is 22.0. The maximum Gasteiger partial charge on any atom is 0.244 e. The minimum absolute atomic E-state index is 0.0516. The summed E-state index contributed by atoms with van der Waals surface area (Å²) >= 11 is 0. The molecule has 2 aromatic rings. The molecule has 0 unspecified atom stereocenters. The second-order valence-corrected chi connectivity index (χ2v) is 12.1. The first kappa shape index (κ1) is 24.9. The van der Waals surface area contributed by atoms with E-state index in [1.807, 2.05) is 25.1 Å². The molecule has 2 fully saturated rings. The summed E-state index contributed by atoms with van der Waals surface area (Å²) in [5.41, 5.74) is 1.92. The third-order valence-corrected chi connectivity index (χ3v) is 9.63. The molecule has 2 aliphatic heterocycles. The average Bonchev–Trinajstić information content (AvgIpc) is 2.92. The van der Waals surface area contributed by atoms with Gasteiger partial charge in [-0.25, -0.2) is 13.4 Å². The number of nitrogens with zero attached hydrogens (tertiary/aromatic N) is 7. The number of hydrogen-bond donors (Lipinski definition) is 0. The first-order valence-corrected chi connectivity index (χ1v) is 14.4. The summed E-state index contributed by atoms with van der Waals surface area (Å²) in [6.07, 6.45) is 7.22. The van der Waals surface area contributed by atoms with Gasteiger partial charge in [-0.15, -0.1) is 0 Å². The molecule has 192 valence electrons. The Bertz CT molecular complexity index is 1240. The van der Waals surface area contributed by atoms with Crippen molar-refractivity contribution in [2.24, 2.45) is 0 Å². The van der Waals surface area contributed by atoms with Crippen molar-refractivity contribution < 1.29 is 8.42 Å². The van der Waals surface area contributed by atoms with Crippen LogP contribution in [0.5, 0.6) is 0 Å². The molecule has 10 heteroatoms. The van der Waals surface area contributed by atoms with E-state index in [9.17, 15) is 13.7 Å². The van der Waals surface area contributed by atoms with Crippen LogP contribution in [0, 0.1) is 11.3 Å². The number of fused-ring (bicyclic) bond motifs is 1. The molecule has 0 radical (unpaired) electrons. The first-order valence-electron chi connectivity index (χ1n) is 12.9. The predicted molar refractivity (Wildman–Crippen MR) is 139 cm³/mol. The molecule has 9 nitrogen and oxygen atoms in total. The number of aromatic nitrogens is 2. The molecule has 0 atom stereocenters. The van der Waals surface area contributed by atoms with E-state index in [0.717, 1.165) is 55.2 Å². The number of piperazine rings is 1. The van der Waals surface area contributed by atoms with Gasteiger partial charge in [-0.3, -0.25) is 4.90 Å². The highest BCUT2D eigenvalue weighted by molar-refractivity contribution is 7.89. The third-order valence-electron chi connectivity index (χ3n) is 7.73. The summed E-state index contributed by atoms with van der Waals surface area (Å²) in [6.45, 7) is 4.41. The van der Waals surface area contributed by atoms with Gasteiger partial charge in [-0.05, 0) is 25.0 Å². The van der Waals surface area contributed by atoms with Crippen LogP contribution in [-0.4, -0.2) is 80.5 Å². The lowest BCUT2D eigenvalue weighted by atomic mass is 9.94. The molecule has 1 saturated carbocycles. The van der Waals surface area contributed by atoms with Crippen LogP contribution >= 0.6 is 0 Å². The fourth-order valence-electron chi connectivity index (χ4n) is 5.73. The van der Waals surface area contributed by atoms with E-state index in [1.54, 1.807) is 18.2 Å². The van der Waals surface area contributed by atoms with Gasteiger partial charge < -0.3 is 9.80 Å². The molecule has 1 aromatic carbocycles. The summed E-state index contributed by atoms with van der Waals surface area (Å²) < 4.78 is 28.3. The van der Waals surface area contributed by atoms with Crippen molar-refractivity contribution in [1.82, 2.24) is 19.2 Å². The van der Waals surface area contributed by atoms with Crippen LogP contribution in [0.3, 0.4) is 0 Å². The lowest BCUT2D eigenvalue weighted by molar-refractivity contribution is 0.147. The zero-order chi connectivity index (χ0) is 25.3. The Morgan fingerprint density at radius 2 is 1.72 bits per heavy atom. The van der Waals surface area contributed by atoms with Crippen LogP contribution in [-0.2, 0) is 23.0 Å². The molecule has 0 amide bonds. The summed E-state index contributed by atoms with van der Waals surface area (Å²) in [6, 6.07) is 9.11. The molecule has 0 bridgehead atoms. The summed E-state index contributed by atoms with van der Waals surface area (Å²) in [4.78, 5) is 16.8. The Labute approximate surface area is 214 Å². The molecule has 1 aromatic heterocycles. The highest BCUT2D eigenvalue weighted by atomic mass is 32.2. The van der Waals surface area contributed by atoms with Gasteiger partial charge in [0.1, 0.15) is 11.9 Å². The Balaban J connectivity index is 1.37. The number of anilines is 2. The third kappa shape index (κ3) is 4.80. The molecule has 1 aliphatic carbocycles. The lowest BCUT2D eigenvalue weighted by Gasteiger charge is -2.41. The SMILES string of the molecule is CN(C)c1nc(N2CCN(C3CCCCC3)CC2)nc2c1CN(S(=O)(=O)c1ccccc1C#N)CC2. The van der Waals surface area contributed by atoms with Crippen LogP contribution in [0.2, 0.25) is 0 Å². The Morgan fingerprint density at radius 1 is 1.00 bits per heavy atom. The van der Waals surface area contributed by atoms with Crippen molar-refractivity contribution in [3.63, 3.8) is 0 Å². The molecule has 3 heterocycles. The monoisotopic (exact) mass is 509 g/mol. The van der Waals surface area contributed by atoms with Gasteiger partial charge in [0.2, 0.25) is 16.0 Å². The quantitative estimate of drug-likeness (QED) is 0.607. The Kier molecular flexibility index (Phi) is 7.15. The number of hydrogen-bond acceptors (Lipinski definition) is 8. The maximum atomic E-state index is 13.4. The second kappa shape index (κ2) is 10.3. The zero-order valence-electron chi connectivity index (χ0n) is 21.2. The molecule has 1 saturated heterocycles. The minimum Gasteiger partial charge on any atom is -0.362 e. The number of sulfonamides is 1. The van der Waals surface area contributed by atoms with Gasteiger partial charge in [0.25, 0.3) is 0 Å². The topological polar surface area (TPSA) is 96.7 Å². The normalized spacial score (nSPS) is 20.1. The molecule has 0 spiro atoms. The number of nitriles is 1. The summed E-state index contributed by atoms with van der Waals surface area (Å²) in [5, 5.41) is 9.43. The smallest absolute Gasteiger partial charge is 0.244 e. The van der Waals surface area contributed by atoms with Gasteiger partial charge >= 0.3 is 0 Å². The largest absolute Gasteiger partial charge is 0.362 e. The van der Waals surface area contributed by atoms with Crippen molar-refractivity contribution in [2.75, 3.05) is 56.6 Å². The molecular weight excluding hydrogens is 474 g/mol. The van der Waals surface area contributed by atoms with Crippen LogP contribution in [0.15, 0.2) is 29.2 Å². The van der Waals surface area contributed by atoms with E-state index in [1.165, 1.54) is 42.5 Å². The Morgan fingerprint density at radius 3 is 2.42 bits per heavy atom. The van der Waals surface area contributed by atoms with Crippen LogP contribution < -0.4 is 9.80 Å². The number of rotatable bonds is 5. The molecule has 0 N–H and O–H groups in total. The number of benzene rings is 1. The molecule has 3 aliphatic rings. The van der Waals surface area contributed by atoms with E-state index in [-0.39, 0.29) is 17.0 Å². The fraction of sp³-hybridized carbons (Fsp3) is 0.577. The lowest BCUT2D eigenvalue weighted by Crippen LogP contribution is -2.51. The molecule has 5 rings (SSSR count). The average molecular weight is 510 g/mol. The van der Waals surface area contributed by atoms with Crippen molar-refractivity contribution in [2.45, 2.75) is 56.0 Å². The van der Waals surface area contributed by atoms with Crippen molar-refractivity contribution in [3.8, 4) is 6.07 Å². The Hall–Kier alpha value is -2.74. The highest BCUT2D eigenvalue weighted by Crippen LogP contribution is 2.32. The van der Waals surface area contributed by atoms with Crippen LogP contribution in [0.1, 0.15) is 48.9 Å². The van der Waals surface area contributed by atoms with E-state index < -0.39 is 10.0 Å². The fourth-order valence-corrected chi connectivity index (χ4v) is 7.28. The van der Waals surface area contributed by atoms with Crippen LogP contribution in [0.25, 0.3) is 0 Å². The maximum absolute atomic E-state index is 13.4. The summed E-state index contributed by atoms with van der Waals surface area (Å²) in [5.74, 6) is 1.50. The van der Waals surface area contributed by atoms with E-state index in [4.69, 9.17) is 9.97 Å². The van der Waals surface area contributed by atoms with Gasteiger partial charge in [0.15, 0.2) is 0 Å². The van der Waals surface area contributed by atoms with E-state index in [0.29, 0.717) is 13.0 Å². The van der Waals surface area contributed by atoms with Gasteiger partial charge in [0.05, 0.1) is 16.2 Å². The second-order valence-electron chi connectivity index (χ2n) is 10.2. The van der Waals surface area contributed by atoms with Crippen molar-refractivity contribution in [1.29, 1.82) is 5.26 Å². The van der Waals surface area contributed by atoms with Crippen molar-refractivity contribution in [3.05, 3.63) is 41.1 Å². The molecular formula is C26H35N7O2S. The van der Waals surface area contributed by atoms with E-state index in [2.05, 4.69) is 9.80 Å². The highest BCUT2D eigenvalue weighted by Gasteiger charge is 2.34. The minimum atomic E-state index is -3.82. The molecule has 36 heavy (non-hydrogen) atoms. The van der Waals surface area contributed by atoms with E-state index >= 15 is 0 Å². The van der Waals surface area contributed by atoms with Gasteiger partial charge in [-0.1, -0.05) is 31.4 Å². The van der Waals surface area contributed by atoms with Crippen molar-refractivity contribution >= 4 is 21.8 Å².